The number of rotatable bonds is 5. The highest BCUT2D eigenvalue weighted by Gasteiger charge is 2.29. The maximum absolute atomic E-state index is 12.9. The van der Waals surface area contributed by atoms with Crippen LogP contribution >= 0.6 is 0 Å². The van der Waals surface area contributed by atoms with E-state index in [2.05, 4.69) is 10.2 Å². The number of methoxy groups -OCH3 is 1. The molecule has 7 nitrogen and oxygen atoms in total. The number of carbonyl (C=O) groups is 1. The first-order valence-electron chi connectivity index (χ1n) is 9.09. The van der Waals surface area contributed by atoms with Crippen LogP contribution in [-0.2, 0) is 10.0 Å². The minimum Gasteiger partial charge on any atom is -0.496 e. The van der Waals surface area contributed by atoms with Crippen LogP contribution in [0.15, 0.2) is 23.1 Å². The summed E-state index contributed by atoms with van der Waals surface area (Å²) in [5.74, 6) is 0.113. The molecular formula is C18H27N3O4S. The largest absolute Gasteiger partial charge is 0.496 e. The minimum absolute atomic E-state index is 0.138. The molecule has 1 amide bonds. The van der Waals surface area contributed by atoms with Crippen molar-refractivity contribution < 1.29 is 17.9 Å². The Hall–Kier alpha value is -1.64. The Bertz CT molecular complexity index is 752. The van der Waals surface area contributed by atoms with Crippen molar-refractivity contribution in [2.75, 3.05) is 40.3 Å². The van der Waals surface area contributed by atoms with Crippen LogP contribution < -0.4 is 10.1 Å². The number of likely N-dealkylation sites (N-methyl/N-ethyl adjacent to an activating group) is 1. The molecule has 1 saturated carbocycles. The molecule has 3 rings (SSSR count). The van der Waals surface area contributed by atoms with Gasteiger partial charge in [-0.25, -0.2) is 8.42 Å². The van der Waals surface area contributed by atoms with Crippen molar-refractivity contribution in [3.8, 4) is 5.75 Å². The fourth-order valence-corrected chi connectivity index (χ4v) is 4.98. The summed E-state index contributed by atoms with van der Waals surface area (Å²) in [6.07, 6.45) is 4.15. The van der Waals surface area contributed by atoms with Crippen molar-refractivity contribution in [1.29, 1.82) is 0 Å². The first-order valence-corrected chi connectivity index (χ1v) is 10.5. The van der Waals surface area contributed by atoms with E-state index in [9.17, 15) is 13.2 Å². The smallest absolute Gasteiger partial charge is 0.255 e. The molecule has 1 aliphatic heterocycles. The molecule has 26 heavy (non-hydrogen) atoms. The van der Waals surface area contributed by atoms with Gasteiger partial charge in [0.05, 0.1) is 17.6 Å². The van der Waals surface area contributed by atoms with E-state index in [1.54, 1.807) is 6.07 Å². The number of piperazine rings is 1. The second kappa shape index (κ2) is 7.94. The number of nitrogens with zero attached hydrogens (tertiary/aromatic N) is 2. The fourth-order valence-electron chi connectivity index (χ4n) is 3.54. The Morgan fingerprint density at radius 3 is 2.42 bits per heavy atom. The van der Waals surface area contributed by atoms with Gasteiger partial charge in [0, 0.05) is 32.2 Å². The zero-order valence-electron chi connectivity index (χ0n) is 15.4. The van der Waals surface area contributed by atoms with Crippen molar-refractivity contribution in [2.45, 2.75) is 36.6 Å². The van der Waals surface area contributed by atoms with E-state index >= 15 is 0 Å². The first-order chi connectivity index (χ1) is 12.4. The van der Waals surface area contributed by atoms with Gasteiger partial charge in [0.15, 0.2) is 0 Å². The second-order valence-corrected chi connectivity index (χ2v) is 8.96. The van der Waals surface area contributed by atoms with Crippen molar-refractivity contribution in [3.63, 3.8) is 0 Å². The number of hydrogen-bond donors (Lipinski definition) is 1. The van der Waals surface area contributed by atoms with Gasteiger partial charge in [-0.05, 0) is 38.1 Å². The maximum Gasteiger partial charge on any atom is 0.255 e. The number of ether oxygens (including phenoxy) is 1. The van der Waals surface area contributed by atoms with E-state index in [-0.39, 0.29) is 22.4 Å². The van der Waals surface area contributed by atoms with E-state index in [0.717, 1.165) is 25.7 Å². The maximum atomic E-state index is 12.9. The lowest BCUT2D eigenvalue weighted by Crippen LogP contribution is -2.47. The third-order valence-electron chi connectivity index (χ3n) is 5.21. The second-order valence-electron chi connectivity index (χ2n) is 7.02. The van der Waals surface area contributed by atoms with Crippen LogP contribution in [0.1, 0.15) is 36.0 Å². The SMILES string of the molecule is COc1ccc(S(=O)(=O)N2CCN(C)CC2)cc1C(=O)NC1CCCC1. The van der Waals surface area contributed by atoms with Gasteiger partial charge >= 0.3 is 0 Å². The Morgan fingerprint density at radius 2 is 1.81 bits per heavy atom. The normalized spacial score (nSPS) is 20.2. The molecule has 0 unspecified atom stereocenters. The molecule has 0 aromatic heterocycles. The molecule has 0 spiro atoms. The monoisotopic (exact) mass is 381 g/mol. The molecule has 1 N–H and O–H groups in total. The molecule has 1 saturated heterocycles. The molecule has 2 fully saturated rings. The van der Waals surface area contributed by atoms with Gasteiger partial charge in [-0.1, -0.05) is 12.8 Å². The number of sulfonamides is 1. The summed E-state index contributed by atoms with van der Waals surface area (Å²) in [5.41, 5.74) is 0.273. The third-order valence-corrected chi connectivity index (χ3v) is 7.10. The Labute approximate surface area is 155 Å². The van der Waals surface area contributed by atoms with Crippen molar-refractivity contribution in [1.82, 2.24) is 14.5 Å². The molecule has 2 aliphatic rings. The minimum atomic E-state index is -3.62. The molecular weight excluding hydrogens is 354 g/mol. The standard InChI is InChI=1S/C18H27N3O4S/c1-20-9-11-21(12-10-20)26(23,24)15-7-8-17(25-2)16(13-15)18(22)19-14-5-3-4-6-14/h7-8,13-14H,3-6,9-12H2,1-2H3,(H,19,22). The molecule has 0 bridgehead atoms. The number of carbonyl (C=O) groups excluding carboxylic acids is 1. The van der Waals surface area contributed by atoms with Crippen LogP contribution in [0.2, 0.25) is 0 Å². The van der Waals surface area contributed by atoms with Gasteiger partial charge in [0.25, 0.3) is 5.91 Å². The van der Waals surface area contributed by atoms with Gasteiger partial charge in [0.1, 0.15) is 5.75 Å². The first kappa shape index (κ1) is 19.1. The van der Waals surface area contributed by atoms with Crippen molar-refractivity contribution in [3.05, 3.63) is 23.8 Å². The lowest BCUT2D eigenvalue weighted by molar-refractivity contribution is 0.0934. The fraction of sp³-hybridized carbons (Fsp3) is 0.611. The summed E-state index contributed by atoms with van der Waals surface area (Å²) in [6.45, 7) is 2.30. The summed E-state index contributed by atoms with van der Waals surface area (Å²) < 4.78 is 32.7. The quantitative estimate of drug-likeness (QED) is 0.832. The van der Waals surface area contributed by atoms with E-state index < -0.39 is 10.0 Å². The molecule has 1 aromatic rings. The van der Waals surface area contributed by atoms with Gasteiger partial charge < -0.3 is 15.0 Å². The number of hydrogen-bond acceptors (Lipinski definition) is 5. The van der Waals surface area contributed by atoms with E-state index in [4.69, 9.17) is 4.74 Å². The predicted molar refractivity (Wildman–Crippen MR) is 99.0 cm³/mol. The molecule has 8 heteroatoms. The zero-order chi connectivity index (χ0) is 18.7. The number of amides is 1. The lowest BCUT2D eigenvalue weighted by atomic mass is 10.1. The van der Waals surface area contributed by atoms with Gasteiger partial charge in [-0.3, -0.25) is 4.79 Å². The number of nitrogens with one attached hydrogen (secondary N) is 1. The van der Waals surface area contributed by atoms with E-state index in [0.29, 0.717) is 31.9 Å². The van der Waals surface area contributed by atoms with Crippen LogP contribution in [0.5, 0.6) is 5.75 Å². The third kappa shape index (κ3) is 4.02. The topological polar surface area (TPSA) is 79.0 Å². The van der Waals surface area contributed by atoms with Gasteiger partial charge in [-0.2, -0.15) is 4.31 Å². The lowest BCUT2D eigenvalue weighted by Gasteiger charge is -2.31. The van der Waals surface area contributed by atoms with Crippen LogP contribution in [0, 0.1) is 0 Å². The highest BCUT2D eigenvalue weighted by atomic mass is 32.2. The Kier molecular flexibility index (Phi) is 5.84. The molecule has 1 aromatic carbocycles. The van der Waals surface area contributed by atoms with Crippen LogP contribution in [0.4, 0.5) is 0 Å². The summed E-state index contributed by atoms with van der Waals surface area (Å²) in [4.78, 5) is 14.9. The number of benzene rings is 1. The molecule has 144 valence electrons. The van der Waals surface area contributed by atoms with Crippen molar-refractivity contribution in [2.24, 2.45) is 0 Å². The average Bonchev–Trinajstić information content (AvgIpc) is 3.14. The molecule has 0 radical (unpaired) electrons. The van der Waals surface area contributed by atoms with Crippen LogP contribution in [0.25, 0.3) is 0 Å². The zero-order valence-corrected chi connectivity index (χ0v) is 16.2. The highest BCUT2D eigenvalue weighted by Crippen LogP contribution is 2.26. The van der Waals surface area contributed by atoms with Gasteiger partial charge in [-0.15, -0.1) is 0 Å². The predicted octanol–water partition coefficient (Wildman–Crippen LogP) is 1.30. The molecule has 1 aliphatic carbocycles. The average molecular weight is 381 g/mol. The van der Waals surface area contributed by atoms with E-state index in [1.165, 1.54) is 23.5 Å². The highest BCUT2D eigenvalue weighted by molar-refractivity contribution is 7.89. The Balaban J connectivity index is 1.85. The summed E-state index contributed by atoms with van der Waals surface area (Å²) in [6, 6.07) is 4.67. The Morgan fingerprint density at radius 1 is 1.15 bits per heavy atom. The van der Waals surface area contributed by atoms with E-state index in [1.807, 2.05) is 7.05 Å². The van der Waals surface area contributed by atoms with Crippen molar-refractivity contribution >= 4 is 15.9 Å². The molecule has 0 atom stereocenters. The summed E-state index contributed by atoms with van der Waals surface area (Å²) in [5, 5.41) is 3.00. The summed E-state index contributed by atoms with van der Waals surface area (Å²) >= 11 is 0. The van der Waals surface area contributed by atoms with Crippen LogP contribution in [0.3, 0.4) is 0 Å². The molecule has 1 heterocycles. The van der Waals surface area contributed by atoms with Gasteiger partial charge in [0.2, 0.25) is 10.0 Å². The summed E-state index contributed by atoms with van der Waals surface area (Å²) in [7, 11) is -0.165. The van der Waals surface area contributed by atoms with Crippen LogP contribution in [-0.4, -0.2) is 69.9 Å².